The maximum Gasteiger partial charge on any atom is 4.00 e. The fraction of sp³-hybridized carbons (Fsp3) is 0.250. The van der Waals surface area contributed by atoms with Crippen LogP contribution in [0.15, 0.2) is 34.2 Å². The number of hydrogen-bond donors (Lipinski definition) is 2. The van der Waals surface area contributed by atoms with E-state index in [4.69, 9.17) is 11.5 Å². The molecule has 0 unspecified atom stereocenters. The molecule has 8 heteroatoms. The predicted molar refractivity (Wildman–Crippen MR) is 62.3 cm³/mol. The van der Waals surface area contributed by atoms with Crippen molar-refractivity contribution in [1.29, 1.82) is 0 Å². The van der Waals surface area contributed by atoms with E-state index in [1.165, 1.54) is 0 Å². The Morgan fingerprint density at radius 1 is 0.875 bits per heavy atom. The van der Waals surface area contributed by atoms with E-state index in [1.54, 1.807) is 46.1 Å². The van der Waals surface area contributed by atoms with Crippen LogP contribution < -0.4 is 23.9 Å². The number of rotatable bonds is 1. The first-order chi connectivity index (χ1) is 6.91. The molecular formula is C8H14ClN4PtS2+3. The normalized spacial score (nSPS) is 6.88. The second-order valence-electron chi connectivity index (χ2n) is 1.93. The smallest absolute Gasteiger partial charge is 1.00 e. The van der Waals surface area contributed by atoms with Crippen molar-refractivity contribution in [1.82, 2.24) is 9.97 Å². The minimum atomic E-state index is 0. The monoisotopic (exact) mass is 460 g/mol. The van der Waals surface area contributed by atoms with Crippen LogP contribution in [0.2, 0.25) is 0 Å². The molecule has 2 aromatic rings. The minimum Gasteiger partial charge on any atom is -1.00 e. The molecular weight excluding hydrogens is 447 g/mol. The third-order valence-electron chi connectivity index (χ3n) is 0.861. The topological polar surface area (TPSA) is 77.8 Å². The van der Waals surface area contributed by atoms with Gasteiger partial charge in [-0.15, -0.1) is 22.7 Å². The fourth-order valence-corrected chi connectivity index (χ4v) is 1.05. The molecule has 0 bridgehead atoms. The van der Waals surface area contributed by atoms with Gasteiger partial charge in [-0.2, -0.15) is 0 Å². The molecule has 2 aromatic heterocycles. The van der Waals surface area contributed by atoms with E-state index in [-0.39, 0.29) is 33.5 Å². The quantitative estimate of drug-likeness (QED) is 0.526. The molecule has 0 radical (unpaired) electrons. The Balaban J connectivity index is -0.000000151. The molecule has 2 heterocycles. The third-order valence-corrected chi connectivity index (χ3v) is 1.91. The second kappa shape index (κ2) is 20.6. The molecule has 4 N–H and O–H groups in total. The molecule has 92 valence electrons. The van der Waals surface area contributed by atoms with Gasteiger partial charge in [-0.3, -0.25) is 9.97 Å². The van der Waals surface area contributed by atoms with Crippen LogP contribution in [0.25, 0.3) is 0 Å². The minimum absolute atomic E-state index is 0. The van der Waals surface area contributed by atoms with E-state index < -0.39 is 0 Å². The van der Waals surface area contributed by atoms with Gasteiger partial charge >= 0.3 is 21.1 Å². The predicted octanol–water partition coefficient (Wildman–Crippen LogP) is -1.81. The van der Waals surface area contributed by atoms with E-state index in [0.29, 0.717) is 13.1 Å². The van der Waals surface area contributed by atoms with Gasteiger partial charge in [-0.25, -0.2) is 0 Å². The van der Waals surface area contributed by atoms with Gasteiger partial charge in [0.15, 0.2) is 0 Å². The van der Waals surface area contributed by atoms with Gasteiger partial charge in [0.1, 0.15) is 0 Å². The molecule has 2 rings (SSSR count). The van der Waals surface area contributed by atoms with Crippen LogP contribution in [-0.4, -0.2) is 23.1 Å². The SMILES string of the molecule is NCCN.[Cl-].[Pt+4].c1cscn1.c1cscn1. The van der Waals surface area contributed by atoms with Crippen molar-refractivity contribution in [3.63, 3.8) is 0 Å². The van der Waals surface area contributed by atoms with Gasteiger partial charge in [0.2, 0.25) is 0 Å². The zero-order chi connectivity index (χ0) is 10.5. The summed E-state index contributed by atoms with van der Waals surface area (Å²) < 4.78 is 0. The maximum absolute atomic E-state index is 4.90. The van der Waals surface area contributed by atoms with Crippen molar-refractivity contribution in [2.75, 3.05) is 13.1 Å². The number of nitrogens with two attached hydrogens (primary N) is 2. The molecule has 0 saturated heterocycles. The summed E-state index contributed by atoms with van der Waals surface area (Å²) in [6, 6.07) is 0. The Morgan fingerprint density at radius 3 is 1.31 bits per heavy atom. The summed E-state index contributed by atoms with van der Waals surface area (Å²) in [6.07, 6.45) is 3.54. The van der Waals surface area contributed by atoms with E-state index in [1.807, 2.05) is 10.8 Å². The summed E-state index contributed by atoms with van der Waals surface area (Å²) in [4.78, 5) is 7.48. The summed E-state index contributed by atoms with van der Waals surface area (Å²) in [6.45, 7) is 1.19. The first-order valence-corrected chi connectivity index (χ1v) is 5.84. The third kappa shape index (κ3) is 19.7. The molecule has 0 fully saturated rings. The van der Waals surface area contributed by atoms with Crippen molar-refractivity contribution < 1.29 is 33.5 Å². The van der Waals surface area contributed by atoms with Crippen molar-refractivity contribution >= 4 is 22.7 Å². The molecule has 0 aliphatic rings. The molecule has 0 spiro atoms. The number of thiazole rings is 2. The zero-order valence-electron chi connectivity index (χ0n) is 8.44. The number of nitrogens with zero attached hydrogens (tertiary/aromatic N) is 2. The Hall–Kier alpha value is 0.158. The molecule has 0 amide bonds. The Morgan fingerprint density at radius 2 is 1.25 bits per heavy atom. The molecule has 4 nitrogen and oxygen atoms in total. The van der Waals surface area contributed by atoms with Crippen molar-refractivity contribution in [2.45, 2.75) is 0 Å². The van der Waals surface area contributed by atoms with E-state index in [9.17, 15) is 0 Å². The van der Waals surface area contributed by atoms with E-state index >= 15 is 0 Å². The number of hydrogen-bond acceptors (Lipinski definition) is 6. The Bertz CT molecular complexity index is 192. The van der Waals surface area contributed by atoms with Gasteiger partial charge < -0.3 is 23.9 Å². The summed E-state index contributed by atoms with van der Waals surface area (Å²) in [7, 11) is 0. The molecule has 0 aliphatic carbocycles. The standard InChI is InChI=1S/2C3H3NS.C2H8N2.ClH.Pt/c2*1-2-5-3-4-1;3-1-2-4;;/h2*1-3H;1-4H2;1H;/q;;;;+4/p-1. The number of halogens is 1. The van der Waals surface area contributed by atoms with Crippen molar-refractivity contribution in [3.05, 3.63) is 34.2 Å². The van der Waals surface area contributed by atoms with Gasteiger partial charge in [0.25, 0.3) is 0 Å². The van der Waals surface area contributed by atoms with E-state index in [2.05, 4.69) is 9.97 Å². The average Bonchev–Trinajstić information content (AvgIpc) is 2.94. The van der Waals surface area contributed by atoms with Crippen LogP contribution in [0.3, 0.4) is 0 Å². The van der Waals surface area contributed by atoms with Crippen LogP contribution in [0.4, 0.5) is 0 Å². The summed E-state index contributed by atoms with van der Waals surface area (Å²) in [5, 5.41) is 3.86. The fourth-order valence-electron chi connectivity index (χ4n) is 0.351. The van der Waals surface area contributed by atoms with Crippen molar-refractivity contribution in [2.24, 2.45) is 11.5 Å². The summed E-state index contributed by atoms with van der Waals surface area (Å²) in [5.41, 5.74) is 13.4. The summed E-state index contributed by atoms with van der Waals surface area (Å²) >= 11 is 3.20. The van der Waals surface area contributed by atoms with Gasteiger partial charge in [-0.1, -0.05) is 0 Å². The maximum atomic E-state index is 4.90. The first kappa shape index (κ1) is 21.4. The van der Waals surface area contributed by atoms with Crippen LogP contribution in [0, 0.1) is 0 Å². The van der Waals surface area contributed by atoms with Crippen LogP contribution in [-0.2, 0) is 21.1 Å². The Kier molecular flexibility index (Phi) is 27.5. The molecule has 0 saturated carbocycles. The van der Waals surface area contributed by atoms with E-state index in [0.717, 1.165) is 0 Å². The van der Waals surface area contributed by atoms with Crippen LogP contribution in [0.5, 0.6) is 0 Å². The molecule has 0 aromatic carbocycles. The van der Waals surface area contributed by atoms with Gasteiger partial charge in [-0.05, 0) is 0 Å². The second-order valence-corrected chi connectivity index (χ2v) is 3.44. The molecule has 0 aliphatic heterocycles. The van der Waals surface area contributed by atoms with Crippen LogP contribution >= 0.6 is 22.7 Å². The van der Waals surface area contributed by atoms with Gasteiger partial charge in [0.05, 0.1) is 11.0 Å². The Labute approximate surface area is 124 Å². The zero-order valence-corrected chi connectivity index (χ0v) is 13.1. The van der Waals surface area contributed by atoms with Crippen LogP contribution in [0.1, 0.15) is 0 Å². The average molecular weight is 461 g/mol. The van der Waals surface area contributed by atoms with Crippen molar-refractivity contribution in [3.8, 4) is 0 Å². The van der Waals surface area contributed by atoms with Gasteiger partial charge in [0, 0.05) is 36.2 Å². The molecule has 0 atom stereocenters. The molecule has 16 heavy (non-hydrogen) atoms. The first-order valence-electron chi connectivity index (χ1n) is 3.96. The largest absolute Gasteiger partial charge is 4.00 e. The summed E-state index contributed by atoms with van der Waals surface area (Å²) in [5.74, 6) is 0. The number of aromatic nitrogens is 2.